The van der Waals surface area contributed by atoms with E-state index < -0.39 is 33.0 Å². The number of nitro benzene ring substituents is 2. The minimum Gasteiger partial charge on any atom is -0.272 e. The van der Waals surface area contributed by atoms with Crippen molar-refractivity contribution in [1.29, 1.82) is 0 Å². The summed E-state index contributed by atoms with van der Waals surface area (Å²) in [6, 6.07) is 2.48. The van der Waals surface area contributed by atoms with Gasteiger partial charge in [0.1, 0.15) is 0 Å². The van der Waals surface area contributed by atoms with E-state index in [9.17, 15) is 29.8 Å². The summed E-state index contributed by atoms with van der Waals surface area (Å²) in [4.78, 5) is 43.3. The Morgan fingerprint density at radius 2 is 1.77 bits per heavy atom. The zero-order valence-electron chi connectivity index (χ0n) is 10.5. The molecule has 1 aliphatic rings. The first kappa shape index (κ1) is 15.8. The van der Waals surface area contributed by atoms with Crippen molar-refractivity contribution in [3.05, 3.63) is 44.0 Å². The number of nitro groups is 2. The lowest BCUT2D eigenvalue weighted by molar-refractivity contribution is -0.394. The number of carbonyl (C=O) groups excluding carboxylic acids is 2. The standard InChI is InChI=1S/C10H6N4O6S2/c15-8-4-22-10(21)12(8)11-9(16)5-1-6(13(17)18)3-7(2-5)14(19)20/h1-3H,4H2,(H,11,16). The van der Waals surface area contributed by atoms with Crippen LogP contribution in [0.5, 0.6) is 0 Å². The number of rotatable bonds is 4. The Labute approximate surface area is 131 Å². The molecule has 0 aromatic heterocycles. The smallest absolute Gasteiger partial charge is 0.272 e. The molecule has 1 fully saturated rings. The van der Waals surface area contributed by atoms with Crippen molar-refractivity contribution in [2.75, 3.05) is 5.75 Å². The fourth-order valence-corrected chi connectivity index (χ4v) is 2.54. The van der Waals surface area contributed by atoms with Crippen LogP contribution in [-0.2, 0) is 4.79 Å². The number of hydrazine groups is 1. The fraction of sp³-hybridized carbons (Fsp3) is 0.100. The summed E-state index contributed by atoms with van der Waals surface area (Å²) in [5.41, 5.74) is 0.624. The minimum absolute atomic E-state index is 0.0637. The van der Waals surface area contributed by atoms with Crippen LogP contribution in [0.2, 0.25) is 0 Å². The third kappa shape index (κ3) is 3.17. The summed E-state index contributed by atoms with van der Waals surface area (Å²) in [6.07, 6.45) is 0. The Morgan fingerprint density at radius 3 is 2.18 bits per heavy atom. The molecule has 0 aliphatic carbocycles. The maximum absolute atomic E-state index is 12.0. The van der Waals surface area contributed by atoms with Gasteiger partial charge >= 0.3 is 0 Å². The Kier molecular flexibility index (Phi) is 4.32. The van der Waals surface area contributed by atoms with Crippen LogP contribution < -0.4 is 5.43 Å². The Morgan fingerprint density at radius 1 is 1.23 bits per heavy atom. The van der Waals surface area contributed by atoms with Crippen LogP contribution in [0, 0.1) is 20.2 Å². The monoisotopic (exact) mass is 342 g/mol. The molecule has 22 heavy (non-hydrogen) atoms. The third-order valence-corrected chi connectivity index (χ3v) is 3.91. The second kappa shape index (κ2) is 6.03. The number of thiocarbonyl (C=S) groups is 1. The predicted octanol–water partition coefficient (Wildman–Crippen LogP) is 1.01. The lowest BCUT2D eigenvalue weighted by Gasteiger charge is -2.15. The lowest BCUT2D eigenvalue weighted by Crippen LogP contribution is -2.45. The lowest BCUT2D eigenvalue weighted by atomic mass is 10.1. The van der Waals surface area contributed by atoms with Gasteiger partial charge in [-0.3, -0.25) is 35.2 Å². The molecule has 114 valence electrons. The van der Waals surface area contributed by atoms with Gasteiger partial charge in [0.25, 0.3) is 23.2 Å². The molecule has 1 aromatic carbocycles. The van der Waals surface area contributed by atoms with Gasteiger partial charge in [-0.25, -0.2) is 5.01 Å². The van der Waals surface area contributed by atoms with Gasteiger partial charge in [-0.1, -0.05) is 24.0 Å². The van der Waals surface area contributed by atoms with Gasteiger partial charge in [0.05, 0.1) is 27.2 Å². The number of non-ortho nitro benzene ring substituents is 2. The zero-order chi connectivity index (χ0) is 16.4. The Bertz CT molecular complexity index is 673. The Balaban J connectivity index is 2.32. The van der Waals surface area contributed by atoms with E-state index in [2.05, 4.69) is 5.43 Å². The van der Waals surface area contributed by atoms with Gasteiger partial charge in [-0.15, -0.1) is 0 Å². The number of hydrogen-bond acceptors (Lipinski definition) is 8. The molecular formula is C10H6N4O6S2. The molecule has 10 nitrogen and oxygen atoms in total. The maximum atomic E-state index is 12.0. The summed E-state index contributed by atoms with van der Waals surface area (Å²) >= 11 is 5.90. The van der Waals surface area contributed by atoms with Crippen LogP contribution in [0.4, 0.5) is 11.4 Å². The Hall–Kier alpha value is -2.60. The molecule has 0 radical (unpaired) electrons. The van der Waals surface area contributed by atoms with Crippen molar-refractivity contribution in [3.63, 3.8) is 0 Å². The van der Waals surface area contributed by atoms with E-state index in [1.165, 1.54) is 0 Å². The van der Waals surface area contributed by atoms with E-state index >= 15 is 0 Å². The first-order valence-corrected chi connectivity index (χ1v) is 6.93. The fourth-order valence-electron chi connectivity index (χ4n) is 1.57. The minimum atomic E-state index is -0.912. The second-order valence-electron chi connectivity index (χ2n) is 3.98. The largest absolute Gasteiger partial charge is 0.277 e. The summed E-state index contributed by atoms with van der Waals surface area (Å²) < 4.78 is 0.123. The van der Waals surface area contributed by atoms with Gasteiger partial charge in [0.2, 0.25) is 0 Å². The molecule has 0 atom stereocenters. The quantitative estimate of drug-likeness (QED) is 0.486. The maximum Gasteiger partial charge on any atom is 0.277 e. The molecule has 0 spiro atoms. The number of thioether (sulfide) groups is 1. The normalized spacial score (nSPS) is 14.1. The van der Waals surface area contributed by atoms with Crippen LogP contribution in [0.3, 0.4) is 0 Å². The molecule has 1 saturated heterocycles. The number of nitrogens with zero attached hydrogens (tertiary/aromatic N) is 3. The predicted molar refractivity (Wildman–Crippen MR) is 79.1 cm³/mol. The van der Waals surface area contributed by atoms with Crippen molar-refractivity contribution in [1.82, 2.24) is 10.4 Å². The van der Waals surface area contributed by atoms with Crippen LogP contribution in [0.25, 0.3) is 0 Å². The summed E-state index contributed by atoms with van der Waals surface area (Å²) in [7, 11) is 0. The van der Waals surface area contributed by atoms with Crippen LogP contribution in [0.1, 0.15) is 10.4 Å². The number of hydrogen-bond donors (Lipinski definition) is 1. The first-order valence-electron chi connectivity index (χ1n) is 5.54. The summed E-state index contributed by atoms with van der Waals surface area (Å²) in [5.74, 6) is -1.30. The van der Waals surface area contributed by atoms with Crippen LogP contribution >= 0.6 is 24.0 Å². The average molecular weight is 342 g/mol. The van der Waals surface area contributed by atoms with E-state index in [4.69, 9.17) is 12.2 Å². The molecule has 0 saturated carbocycles. The highest BCUT2D eigenvalue weighted by atomic mass is 32.2. The highest BCUT2D eigenvalue weighted by Crippen LogP contribution is 2.23. The zero-order valence-corrected chi connectivity index (χ0v) is 12.2. The van der Waals surface area contributed by atoms with E-state index in [-0.39, 0.29) is 15.6 Å². The SMILES string of the molecule is O=C(NN1C(=O)CSC1=S)c1cc([N+](=O)[O-])cc([N+](=O)[O-])c1. The molecule has 1 aromatic rings. The first-order chi connectivity index (χ1) is 10.3. The molecule has 1 heterocycles. The van der Waals surface area contributed by atoms with E-state index in [0.717, 1.165) is 35.0 Å². The molecule has 2 amide bonds. The molecule has 1 aliphatic heterocycles. The number of nitrogens with one attached hydrogen (secondary N) is 1. The molecule has 0 unspecified atom stereocenters. The highest BCUT2D eigenvalue weighted by Gasteiger charge is 2.29. The van der Waals surface area contributed by atoms with Crippen molar-refractivity contribution >= 4 is 51.5 Å². The van der Waals surface area contributed by atoms with Gasteiger partial charge in [-0.2, -0.15) is 0 Å². The van der Waals surface area contributed by atoms with Gasteiger partial charge in [0.15, 0.2) is 4.32 Å². The molecule has 2 rings (SSSR count). The van der Waals surface area contributed by atoms with E-state index in [1.807, 2.05) is 0 Å². The number of benzene rings is 1. The van der Waals surface area contributed by atoms with Gasteiger partial charge in [-0.05, 0) is 0 Å². The van der Waals surface area contributed by atoms with Crippen LogP contribution in [-0.4, -0.2) is 36.7 Å². The molecule has 12 heteroatoms. The van der Waals surface area contributed by atoms with Crippen molar-refractivity contribution in [2.24, 2.45) is 0 Å². The van der Waals surface area contributed by atoms with Crippen molar-refractivity contribution in [2.45, 2.75) is 0 Å². The number of carbonyl (C=O) groups is 2. The topological polar surface area (TPSA) is 136 Å². The van der Waals surface area contributed by atoms with E-state index in [1.54, 1.807) is 0 Å². The van der Waals surface area contributed by atoms with Crippen molar-refractivity contribution < 1.29 is 19.4 Å². The molecule has 1 N–H and O–H groups in total. The summed E-state index contributed by atoms with van der Waals surface area (Å²) in [5, 5.41) is 22.4. The highest BCUT2D eigenvalue weighted by molar-refractivity contribution is 8.23. The van der Waals surface area contributed by atoms with Crippen LogP contribution in [0.15, 0.2) is 18.2 Å². The summed E-state index contributed by atoms with van der Waals surface area (Å²) in [6.45, 7) is 0. The van der Waals surface area contributed by atoms with E-state index in [0.29, 0.717) is 0 Å². The second-order valence-corrected chi connectivity index (χ2v) is 5.59. The van der Waals surface area contributed by atoms with Gasteiger partial charge in [0, 0.05) is 12.1 Å². The van der Waals surface area contributed by atoms with Crippen molar-refractivity contribution in [3.8, 4) is 0 Å². The number of amides is 2. The average Bonchev–Trinajstić information content (AvgIpc) is 2.78. The third-order valence-electron chi connectivity index (χ3n) is 2.55. The van der Waals surface area contributed by atoms with Gasteiger partial charge < -0.3 is 0 Å². The molecule has 0 bridgehead atoms. The molecular weight excluding hydrogens is 336 g/mol.